The van der Waals surface area contributed by atoms with Crippen molar-refractivity contribution in [2.24, 2.45) is 0 Å². The molecular weight excluding hydrogens is 370 g/mol. The topological polar surface area (TPSA) is 113 Å². The Morgan fingerprint density at radius 3 is 2.21 bits per heavy atom. The van der Waals surface area contributed by atoms with E-state index in [9.17, 15) is 14.9 Å². The molecule has 0 radical (unpaired) electrons. The molecule has 0 aliphatic carbocycles. The number of hydrogen-bond donors (Lipinski definition) is 3. The fourth-order valence-corrected chi connectivity index (χ4v) is 2.92. The summed E-state index contributed by atoms with van der Waals surface area (Å²) in [6, 6.07) is 18.5. The molecule has 1 aromatic heterocycles. The van der Waals surface area contributed by atoms with Gasteiger partial charge in [0.25, 0.3) is 5.69 Å². The summed E-state index contributed by atoms with van der Waals surface area (Å²) < 4.78 is 0. The van der Waals surface area contributed by atoms with Crippen LogP contribution in [0.5, 0.6) is 0 Å². The molecule has 0 saturated carbocycles. The van der Waals surface area contributed by atoms with Crippen LogP contribution in [0.2, 0.25) is 0 Å². The molecule has 0 aliphatic rings. The predicted molar refractivity (Wildman–Crippen MR) is 112 cm³/mol. The summed E-state index contributed by atoms with van der Waals surface area (Å²) in [7, 11) is 0. The van der Waals surface area contributed by atoms with Crippen molar-refractivity contribution in [1.29, 1.82) is 0 Å². The van der Waals surface area contributed by atoms with Gasteiger partial charge < -0.3 is 15.6 Å². The maximum Gasteiger partial charge on any atom is 0.323 e. The highest BCUT2D eigenvalue weighted by Gasteiger charge is 2.08. The van der Waals surface area contributed by atoms with Crippen LogP contribution in [0.4, 0.5) is 21.9 Å². The zero-order valence-corrected chi connectivity index (χ0v) is 15.5. The van der Waals surface area contributed by atoms with E-state index < -0.39 is 11.0 Å². The molecule has 3 aromatic carbocycles. The van der Waals surface area contributed by atoms with Gasteiger partial charge in [-0.1, -0.05) is 6.07 Å². The van der Waals surface area contributed by atoms with E-state index in [2.05, 4.69) is 20.6 Å². The zero-order valence-electron chi connectivity index (χ0n) is 15.5. The number of imidazole rings is 1. The summed E-state index contributed by atoms with van der Waals surface area (Å²) in [4.78, 5) is 30.2. The van der Waals surface area contributed by atoms with Gasteiger partial charge in [0.15, 0.2) is 0 Å². The number of fused-ring (bicyclic) bond motifs is 1. The molecule has 4 rings (SSSR count). The Balaban J connectivity index is 1.43. The molecule has 0 spiro atoms. The number of non-ortho nitro benzene ring substituents is 1. The van der Waals surface area contributed by atoms with Crippen molar-refractivity contribution in [2.75, 3.05) is 10.6 Å². The number of aromatic amines is 1. The summed E-state index contributed by atoms with van der Waals surface area (Å²) >= 11 is 0. The monoisotopic (exact) mass is 387 g/mol. The average molecular weight is 387 g/mol. The Kier molecular flexibility index (Phi) is 4.66. The number of nitrogens with zero attached hydrogens (tertiary/aromatic N) is 2. The van der Waals surface area contributed by atoms with Crippen LogP contribution in [0.25, 0.3) is 22.4 Å². The molecule has 1 heterocycles. The van der Waals surface area contributed by atoms with Crippen LogP contribution < -0.4 is 10.6 Å². The second-order valence-corrected chi connectivity index (χ2v) is 6.57. The van der Waals surface area contributed by atoms with Gasteiger partial charge in [-0.05, 0) is 61.0 Å². The van der Waals surface area contributed by atoms with E-state index in [1.54, 1.807) is 12.1 Å². The van der Waals surface area contributed by atoms with Crippen LogP contribution in [0.1, 0.15) is 5.56 Å². The van der Waals surface area contributed by atoms with Gasteiger partial charge in [0, 0.05) is 29.1 Å². The third-order valence-corrected chi connectivity index (χ3v) is 4.39. The normalized spacial score (nSPS) is 10.7. The minimum Gasteiger partial charge on any atom is -0.338 e. The number of carbonyl (C=O) groups excluding carboxylic acids is 1. The van der Waals surface area contributed by atoms with Crippen molar-refractivity contribution in [1.82, 2.24) is 9.97 Å². The van der Waals surface area contributed by atoms with E-state index in [1.807, 2.05) is 37.3 Å². The predicted octanol–water partition coefficient (Wildman–Crippen LogP) is 5.09. The number of amides is 2. The van der Waals surface area contributed by atoms with E-state index in [0.717, 1.165) is 28.0 Å². The Morgan fingerprint density at radius 1 is 0.966 bits per heavy atom. The first-order chi connectivity index (χ1) is 14.0. The number of rotatable bonds is 4. The largest absolute Gasteiger partial charge is 0.338 e. The lowest BCUT2D eigenvalue weighted by atomic mass is 10.2. The van der Waals surface area contributed by atoms with E-state index in [4.69, 9.17) is 0 Å². The first-order valence-corrected chi connectivity index (χ1v) is 8.87. The summed E-state index contributed by atoms with van der Waals surface area (Å²) in [5.74, 6) is 0.757. The minimum absolute atomic E-state index is 0.0349. The molecule has 8 heteroatoms. The second-order valence-electron chi connectivity index (χ2n) is 6.57. The highest BCUT2D eigenvalue weighted by atomic mass is 16.6. The van der Waals surface area contributed by atoms with Crippen molar-refractivity contribution in [3.8, 4) is 11.4 Å². The Labute approximate surface area is 165 Å². The van der Waals surface area contributed by atoms with E-state index in [0.29, 0.717) is 11.4 Å². The van der Waals surface area contributed by atoms with Crippen LogP contribution in [-0.4, -0.2) is 20.9 Å². The molecule has 0 saturated heterocycles. The van der Waals surface area contributed by atoms with Crippen molar-refractivity contribution in [2.45, 2.75) is 6.92 Å². The van der Waals surface area contributed by atoms with E-state index in [-0.39, 0.29) is 5.69 Å². The van der Waals surface area contributed by atoms with E-state index in [1.165, 1.54) is 24.3 Å². The highest BCUT2D eigenvalue weighted by molar-refractivity contribution is 5.99. The van der Waals surface area contributed by atoms with Crippen molar-refractivity contribution < 1.29 is 9.72 Å². The maximum atomic E-state index is 12.1. The van der Waals surface area contributed by atoms with Crippen LogP contribution in [0.15, 0.2) is 66.7 Å². The van der Waals surface area contributed by atoms with Crippen molar-refractivity contribution in [3.63, 3.8) is 0 Å². The molecule has 0 aliphatic heterocycles. The quantitative estimate of drug-likeness (QED) is 0.334. The molecule has 0 atom stereocenters. The lowest BCUT2D eigenvalue weighted by Crippen LogP contribution is -2.19. The smallest absolute Gasteiger partial charge is 0.323 e. The minimum atomic E-state index is -0.491. The van der Waals surface area contributed by atoms with Gasteiger partial charge in [-0.25, -0.2) is 9.78 Å². The molecule has 29 heavy (non-hydrogen) atoms. The van der Waals surface area contributed by atoms with Gasteiger partial charge in [-0.3, -0.25) is 10.1 Å². The van der Waals surface area contributed by atoms with Gasteiger partial charge in [-0.2, -0.15) is 0 Å². The molecule has 2 amide bonds. The number of hydrogen-bond acceptors (Lipinski definition) is 4. The van der Waals surface area contributed by atoms with Crippen molar-refractivity contribution >= 4 is 34.1 Å². The number of carbonyl (C=O) groups is 1. The van der Waals surface area contributed by atoms with Gasteiger partial charge in [0.1, 0.15) is 5.82 Å². The third kappa shape index (κ3) is 4.06. The maximum absolute atomic E-state index is 12.1. The van der Waals surface area contributed by atoms with E-state index >= 15 is 0 Å². The molecule has 0 bridgehead atoms. The first-order valence-electron chi connectivity index (χ1n) is 8.87. The lowest BCUT2D eigenvalue weighted by molar-refractivity contribution is -0.384. The number of nitro groups is 1. The van der Waals surface area contributed by atoms with Gasteiger partial charge >= 0.3 is 6.03 Å². The number of nitro benzene ring substituents is 1. The molecular formula is C21H17N5O3. The number of benzene rings is 3. The summed E-state index contributed by atoms with van der Waals surface area (Å²) in [6.45, 7) is 2.02. The highest BCUT2D eigenvalue weighted by Crippen LogP contribution is 2.23. The number of nitrogens with one attached hydrogen (secondary N) is 3. The molecule has 0 unspecified atom stereocenters. The number of anilines is 2. The van der Waals surface area contributed by atoms with Crippen LogP contribution in [0, 0.1) is 17.0 Å². The average Bonchev–Trinajstić information content (AvgIpc) is 3.12. The second kappa shape index (κ2) is 7.43. The summed E-state index contributed by atoms with van der Waals surface area (Å²) in [5.41, 5.74) is 4.96. The first kappa shape index (κ1) is 18.2. The zero-order chi connectivity index (χ0) is 20.4. The number of aryl methyl sites for hydroxylation is 1. The number of H-pyrrole nitrogens is 1. The fraction of sp³-hybridized carbons (Fsp3) is 0.0476. The fourth-order valence-electron chi connectivity index (χ4n) is 2.92. The van der Waals surface area contributed by atoms with Gasteiger partial charge in [0.05, 0.1) is 16.0 Å². The number of aromatic nitrogens is 2. The molecule has 3 N–H and O–H groups in total. The standard InChI is InChI=1S/C21H17N5O3/c1-13-2-11-18-19(12-13)25-20(24-18)14-3-5-15(6-4-14)22-21(27)23-16-7-9-17(10-8-16)26(28)29/h2-12H,1H3,(H,24,25)(H2,22,23,27). The Morgan fingerprint density at radius 2 is 1.59 bits per heavy atom. The van der Waals surface area contributed by atoms with Gasteiger partial charge in [-0.15, -0.1) is 0 Å². The molecule has 8 nitrogen and oxygen atoms in total. The SMILES string of the molecule is Cc1ccc2[nH]c(-c3ccc(NC(=O)Nc4ccc([N+](=O)[O-])cc4)cc3)nc2c1. The number of urea groups is 1. The van der Waals surface area contributed by atoms with Crippen LogP contribution >= 0.6 is 0 Å². The van der Waals surface area contributed by atoms with Crippen molar-refractivity contribution in [3.05, 3.63) is 82.4 Å². The lowest BCUT2D eigenvalue weighted by Gasteiger charge is -2.08. The van der Waals surface area contributed by atoms with Crippen LogP contribution in [-0.2, 0) is 0 Å². The molecule has 144 valence electrons. The van der Waals surface area contributed by atoms with Crippen LogP contribution in [0.3, 0.4) is 0 Å². The third-order valence-electron chi connectivity index (χ3n) is 4.39. The summed E-state index contributed by atoms with van der Waals surface area (Å²) in [5, 5.41) is 16.0. The summed E-state index contributed by atoms with van der Waals surface area (Å²) in [6.07, 6.45) is 0. The Hall–Kier alpha value is -4.20. The van der Waals surface area contributed by atoms with Gasteiger partial charge in [0.2, 0.25) is 0 Å². The Bertz CT molecular complexity index is 1200. The molecule has 4 aromatic rings. The molecule has 0 fully saturated rings.